The van der Waals surface area contributed by atoms with Gasteiger partial charge in [0, 0.05) is 24.4 Å². The molecule has 1 N–H and O–H groups in total. The van der Waals surface area contributed by atoms with Crippen molar-refractivity contribution < 1.29 is 14.0 Å². The summed E-state index contributed by atoms with van der Waals surface area (Å²) in [7, 11) is 0. The fraction of sp³-hybridized carbons (Fsp3) is 0.467. The third-order valence-electron chi connectivity index (χ3n) is 3.44. The first kappa shape index (κ1) is 15.8. The van der Waals surface area contributed by atoms with E-state index in [1.165, 1.54) is 12.1 Å². The van der Waals surface area contributed by atoms with Gasteiger partial charge < -0.3 is 10.2 Å². The van der Waals surface area contributed by atoms with Crippen molar-refractivity contribution in [3.05, 3.63) is 30.1 Å². The summed E-state index contributed by atoms with van der Waals surface area (Å²) in [6, 6.07) is 5.96. The number of halogens is 1. The van der Waals surface area contributed by atoms with Gasteiger partial charge in [0.05, 0.1) is 0 Å². The molecule has 0 bridgehead atoms. The smallest absolute Gasteiger partial charge is 0.242 e. The number of carbonyl (C=O) groups is 2. The topological polar surface area (TPSA) is 49.4 Å². The molecule has 6 heteroatoms. The molecule has 2 rings (SSSR count). The first-order valence-corrected chi connectivity index (χ1v) is 8.02. The molecule has 0 aromatic heterocycles. The molecule has 0 unspecified atom stereocenters. The summed E-state index contributed by atoms with van der Waals surface area (Å²) in [4.78, 5) is 26.2. The standard InChI is InChI=1S/C15H19FN2O2S/c1-11-15(20)17-8-9-18(11)14(19)3-2-10-21-13-6-4-12(16)5-7-13/h4-7,11H,2-3,8-10H2,1H3,(H,17,20)/t11-/m0/s1. The van der Waals surface area contributed by atoms with Crippen LogP contribution in [0, 0.1) is 5.82 Å². The molecule has 1 saturated heterocycles. The average Bonchev–Trinajstić information content (AvgIpc) is 2.48. The van der Waals surface area contributed by atoms with Crippen LogP contribution in [0.4, 0.5) is 4.39 Å². The van der Waals surface area contributed by atoms with E-state index in [0.29, 0.717) is 19.5 Å². The number of nitrogens with zero attached hydrogens (tertiary/aromatic N) is 1. The van der Waals surface area contributed by atoms with Crippen LogP contribution in [-0.2, 0) is 9.59 Å². The van der Waals surface area contributed by atoms with E-state index in [9.17, 15) is 14.0 Å². The lowest BCUT2D eigenvalue weighted by molar-refractivity contribution is -0.142. The van der Waals surface area contributed by atoms with E-state index < -0.39 is 0 Å². The minimum Gasteiger partial charge on any atom is -0.353 e. The third-order valence-corrected chi connectivity index (χ3v) is 4.53. The summed E-state index contributed by atoms with van der Waals surface area (Å²) in [6.07, 6.45) is 1.18. The second-order valence-electron chi connectivity index (χ2n) is 4.96. The molecule has 1 atom stereocenters. The van der Waals surface area contributed by atoms with E-state index in [-0.39, 0.29) is 23.7 Å². The number of hydrogen-bond donors (Lipinski definition) is 1. The van der Waals surface area contributed by atoms with Gasteiger partial charge in [-0.3, -0.25) is 9.59 Å². The normalized spacial score (nSPS) is 18.5. The highest BCUT2D eigenvalue weighted by atomic mass is 32.2. The van der Waals surface area contributed by atoms with E-state index in [0.717, 1.165) is 17.1 Å². The van der Waals surface area contributed by atoms with Gasteiger partial charge in [0.15, 0.2) is 0 Å². The Labute approximate surface area is 128 Å². The number of nitrogens with one attached hydrogen (secondary N) is 1. The number of piperazine rings is 1. The highest BCUT2D eigenvalue weighted by Gasteiger charge is 2.28. The van der Waals surface area contributed by atoms with Crippen LogP contribution < -0.4 is 5.32 Å². The number of carbonyl (C=O) groups excluding carboxylic acids is 2. The lowest BCUT2D eigenvalue weighted by atomic mass is 10.2. The van der Waals surface area contributed by atoms with Crippen molar-refractivity contribution in [2.24, 2.45) is 0 Å². The summed E-state index contributed by atoms with van der Waals surface area (Å²) >= 11 is 1.60. The minimum absolute atomic E-state index is 0.0251. The maximum absolute atomic E-state index is 12.8. The molecule has 1 aromatic carbocycles. The van der Waals surface area contributed by atoms with Gasteiger partial charge in [0.25, 0.3) is 0 Å². The molecular weight excluding hydrogens is 291 g/mol. The van der Waals surface area contributed by atoms with Crippen LogP contribution in [0.15, 0.2) is 29.2 Å². The molecule has 1 aromatic rings. The fourth-order valence-electron chi connectivity index (χ4n) is 2.21. The fourth-order valence-corrected chi connectivity index (χ4v) is 3.06. The van der Waals surface area contributed by atoms with Crippen LogP contribution in [0.5, 0.6) is 0 Å². The lowest BCUT2D eigenvalue weighted by Crippen LogP contribution is -2.55. The SMILES string of the molecule is C[C@H]1C(=O)NCCN1C(=O)CCCSc1ccc(F)cc1. The molecule has 1 heterocycles. The number of hydrogen-bond acceptors (Lipinski definition) is 3. The molecule has 0 spiro atoms. The van der Waals surface area contributed by atoms with Crippen LogP contribution in [0.25, 0.3) is 0 Å². The Morgan fingerprint density at radius 1 is 1.43 bits per heavy atom. The Balaban J connectivity index is 1.71. The Bertz CT molecular complexity index is 507. The van der Waals surface area contributed by atoms with Crippen molar-refractivity contribution in [2.75, 3.05) is 18.8 Å². The van der Waals surface area contributed by atoms with Crippen molar-refractivity contribution in [2.45, 2.75) is 30.7 Å². The van der Waals surface area contributed by atoms with E-state index >= 15 is 0 Å². The first-order chi connectivity index (χ1) is 10.1. The van der Waals surface area contributed by atoms with Gasteiger partial charge in [-0.15, -0.1) is 11.8 Å². The monoisotopic (exact) mass is 310 g/mol. The molecule has 0 aliphatic carbocycles. The maximum atomic E-state index is 12.8. The molecule has 1 aliphatic heterocycles. The largest absolute Gasteiger partial charge is 0.353 e. The summed E-state index contributed by atoms with van der Waals surface area (Å²) in [5.41, 5.74) is 0. The quantitative estimate of drug-likeness (QED) is 0.669. The predicted molar refractivity (Wildman–Crippen MR) is 80.5 cm³/mol. The summed E-state index contributed by atoms with van der Waals surface area (Å²) in [5, 5.41) is 2.74. The molecule has 2 amide bonds. The van der Waals surface area contributed by atoms with Crippen molar-refractivity contribution in [3.63, 3.8) is 0 Å². The number of amides is 2. The zero-order valence-electron chi connectivity index (χ0n) is 12.0. The molecule has 21 heavy (non-hydrogen) atoms. The van der Waals surface area contributed by atoms with Gasteiger partial charge in [0.2, 0.25) is 11.8 Å². The molecule has 1 fully saturated rings. The number of rotatable bonds is 5. The second-order valence-corrected chi connectivity index (χ2v) is 6.13. The second kappa shape index (κ2) is 7.45. The highest BCUT2D eigenvalue weighted by Crippen LogP contribution is 2.20. The predicted octanol–water partition coefficient (Wildman–Crippen LogP) is 2.04. The molecular formula is C15H19FN2O2S. The van der Waals surface area contributed by atoms with Gasteiger partial charge in [-0.1, -0.05) is 0 Å². The van der Waals surface area contributed by atoms with Crippen LogP contribution in [-0.4, -0.2) is 41.6 Å². The van der Waals surface area contributed by atoms with E-state index in [4.69, 9.17) is 0 Å². The maximum Gasteiger partial charge on any atom is 0.242 e. The molecule has 0 radical (unpaired) electrons. The number of thioether (sulfide) groups is 1. The van der Waals surface area contributed by atoms with Crippen LogP contribution >= 0.6 is 11.8 Å². The third kappa shape index (κ3) is 4.46. The molecule has 114 valence electrons. The van der Waals surface area contributed by atoms with E-state index in [1.54, 1.807) is 35.7 Å². The minimum atomic E-state index is -0.379. The van der Waals surface area contributed by atoms with Gasteiger partial charge in [0.1, 0.15) is 11.9 Å². The molecule has 1 aliphatic rings. The van der Waals surface area contributed by atoms with Gasteiger partial charge >= 0.3 is 0 Å². The zero-order chi connectivity index (χ0) is 15.2. The van der Waals surface area contributed by atoms with Gasteiger partial charge in [-0.05, 0) is 43.4 Å². The van der Waals surface area contributed by atoms with Gasteiger partial charge in [-0.2, -0.15) is 0 Å². The lowest BCUT2D eigenvalue weighted by Gasteiger charge is -2.32. The van der Waals surface area contributed by atoms with Crippen molar-refractivity contribution in [1.82, 2.24) is 10.2 Å². The van der Waals surface area contributed by atoms with E-state index in [1.807, 2.05) is 0 Å². The highest BCUT2D eigenvalue weighted by molar-refractivity contribution is 7.99. The van der Waals surface area contributed by atoms with Crippen molar-refractivity contribution >= 4 is 23.6 Å². The van der Waals surface area contributed by atoms with Crippen molar-refractivity contribution in [1.29, 1.82) is 0 Å². The Morgan fingerprint density at radius 2 is 2.14 bits per heavy atom. The molecule has 0 saturated carbocycles. The Morgan fingerprint density at radius 3 is 2.86 bits per heavy atom. The van der Waals surface area contributed by atoms with Crippen LogP contribution in [0.3, 0.4) is 0 Å². The average molecular weight is 310 g/mol. The number of benzene rings is 1. The summed E-state index contributed by atoms with van der Waals surface area (Å²) in [5.74, 6) is 0.491. The van der Waals surface area contributed by atoms with Crippen LogP contribution in [0.1, 0.15) is 19.8 Å². The van der Waals surface area contributed by atoms with Crippen molar-refractivity contribution in [3.8, 4) is 0 Å². The summed E-state index contributed by atoms with van der Waals surface area (Å²) in [6.45, 7) is 2.86. The molecule has 4 nitrogen and oxygen atoms in total. The summed E-state index contributed by atoms with van der Waals surface area (Å²) < 4.78 is 12.8. The Hall–Kier alpha value is -1.56. The Kier molecular flexibility index (Phi) is 5.61. The first-order valence-electron chi connectivity index (χ1n) is 7.03. The zero-order valence-corrected chi connectivity index (χ0v) is 12.8. The van der Waals surface area contributed by atoms with Crippen LogP contribution in [0.2, 0.25) is 0 Å². The van der Waals surface area contributed by atoms with E-state index in [2.05, 4.69) is 5.32 Å². The van der Waals surface area contributed by atoms with Gasteiger partial charge in [-0.25, -0.2) is 4.39 Å².